The first-order chi connectivity index (χ1) is 13.7. The molecule has 0 saturated carbocycles. The maximum atomic E-state index is 6.03. The van der Waals surface area contributed by atoms with Gasteiger partial charge in [-0.15, -0.1) is 0 Å². The first-order valence-corrected chi connectivity index (χ1v) is 9.33. The largest absolute Gasteiger partial charge is 0.382 e. The molecule has 1 aliphatic rings. The van der Waals surface area contributed by atoms with Crippen LogP contribution in [0.25, 0.3) is 10.9 Å². The summed E-state index contributed by atoms with van der Waals surface area (Å²) >= 11 is 6.03. The van der Waals surface area contributed by atoms with Crippen molar-refractivity contribution in [1.82, 2.24) is 35.3 Å². The molecule has 0 radical (unpaired) electrons. The van der Waals surface area contributed by atoms with Gasteiger partial charge in [0.05, 0.1) is 41.5 Å². The number of hydrogen-bond donors (Lipinski definition) is 3. The van der Waals surface area contributed by atoms with E-state index in [0.29, 0.717) is 17.0 Å². The first-order valence-electron chi connectivity index (χ1n) is 8.95. The normalized spacial score (nSPS) is 16.7. The van der Waals surface area contributed by atoms with Crippen LogP contribution in [-0.2, 0) is 0 Å². The zero-order chi connectivity index (χ0) is 19.1. The van der Waals surface area contributed by atoms with Crippen LogP contribution in [0.3, 0.4) is 0 Å². The standard InChI is InChI=1S/C18H18ClN9/c19-15-9-22-18(25-17(15)20)28(12-1-2-16-11(5-12)6-23-26-16)14-8-24-27(10-14)13-3-4-21-7-13/h1-2,5-6,8-10,13,21H,3-4,7H2,(H,23,26)(H2,20,22,25)/t13-/m1/s1. The lowest BCUT2D eigenvalue weighted by molar-refractivity contribution is 0.491. The van der Waals surface area contributed by atoms with E-state index in [1.165, 1.54) is 6.20 Å². The SMILES string of the molecule is Nc1nc(N(c2ccc3[nH]ncc3c2)c2cnn([C@@H]3CCNC3)c2)ncc1Cl. The molecule has 0 spiro atoms. The van der Waals surface area contributed by atoms with Gasteiger partial charge in [0.25, 0.3) is 0 Å². The number of hydrogen-bond acceptors (Lipinski definition) is 7. The number of nitrogens with two attached hydrogens (primary N) is 1. The molecule has 28 heavy (non-hydrogen) atoms. The maximum Gasteiger partial charge on any atom is 0.236 e. The third-order valence-corrected chi connectivity index (χ3v) is 5.19. The average molecular weight is 396 g/mol. The Balaban J connectivity index is 1.62. The van der Waals surface area contributed by atoms with Crippen LogP contribution in [0.5, 0.6) is 0 Å². The van der Waals surface area contributed by atoms with E-state index in [9.17, 15) is 0 Å². The van der Waals surface area contributed by atoms with Gasteiger partial charge in [0.2, 0.25) is 5.95 Å². The molecule has 142 valence electrons. The summed E-state index contributed by atoms with van der Waals surface area (Å²) in [5.41, 5.74) is 8.61. The van der Waals surface area contributed by atoms with Crippen molar-refractivity contribution < 1.29 is 0 Å². The molecule has 10 heteroatoms. The molecule has 4 N–H and O–H groups in total. The van der Waals surface area contributed by atoms with Crippen molar-refractivity contribution in [2.24, 2.45) is 0 Å². The molecule has 4 heterocycles. The Kier molecular flexibility index (Phi) is 4.10. The van der Waals surface area contributed by atoms with E-state index in [2.05, 4.69) is 30.6 Å². The van der Waals surface area contributed by atoms with Crippen LogP contribution in [0.15, 0.2) is 43.0 Å². The van der Waals surface area contributed by atoms with E-state index in [-0.39, 0.29) is 5.82 Å². The fourth-order valence-electron chi connectivity index (χ4n) is 3.44. The Bertz CT molecular complexity index is 1130. The molecule has 0 aliphatic carbocycles. The highest BCUT2D eigenvalue weighted by Gasteiger charge is 2.22. The predicted molar refractivity (Wildman–Crippen MR) is 108 cm³/mol. The third-order valence-electron chi connectivity index (χ3n) is 4.89. The van der Waals surface area contributed by atoms with E-state index in [0.717, 1.165) is 41.8 Å². The van der Waals surface area contributed by atoms with E-state index in [4.69, 9.17) is 17.3 Å². The van der Waals surface area contributed by atoms with Crippen LogP contribution in [-0.4, -0.2) is 43.0 Å². The van der Waals surface area contributed by atoms with Gasteiger partial charge < -0.3 is 11.1 Å². The summed E-state index contributed by atoms with van der Waals surface area (Å²) in [6.07, 6.45) is 8.15. The Morgan fingerprint density at radius 2 is 2.14 bits per heavy atom. The average Bonchev–Trinajstić information content (AvgIpc) is 3.45. The summed E-state index contributed by atoms with van der Waals surface area (Å²) in [4.78, 5) is 10.7. The molecule has 1 aromatic carbocycles. The van der Waals surface area contributed by atoms with E-state index < -0.39 is 0 Å². The third kappa shape index (κ3) is 2.94. The molecule has 1 atom stereocenters. The first kappa shape index (κ1) is 17.0. The Morgan fingerprint density at radius 3 is 2.96 bits per heavy atom. The van der Waals surface area contributed by atoms with E-state index in [1.54, 1.807) is 6.20 Å². The zero-order valence-corrected chi connectivity index (χ0v) is 15.6. The topological polar surface area (TPSA) is 114 Å². The van der Waals surface area contributed by atoms with Crippen LogP contribution in [0, 0.1) is 0 Å². The van der Waals surface area contributed by atoms with E-state index >= 15 is 0 Å². The van der Waals surface area contributed by atoms with Crippen LogP contribution < -0.4 is 16.0 Å². The summed E-state index contributed by atoms with van der Waals surface area (Å²) in [6.45, 7) is 1.91. The van der Waals surface area contributed by atoms with Gasteiger partial charge in [-0.25, -0.2) is 4.98 Å². The van der Waals surface area contributed by atoms with Crippen molar-refractivity contribution in [2.75, 3.05) is 23.7 Å². The fraction of sp³-hybridized carbons (Fsp3) is 0.222. The lowest BCUT2D eigenvalue weighted by atomic mass is 10.2. The minimum absolute atomic E-state index is 0.230. The zero-order valence-electron chi connectivity index (χ0n) is 14.9. The molecule has 5 rings (SSSR count). The van der Waals surface area contributed by atoms with Crippen molar-refractivity contribution in [1.29, 1.82) is 0 Å². The molecule has 1 fully saturated rings. The van der Waals surface area contributed by atoms with Crippen molar-refractivity contribution in [3.63, 3.8) is 0 Å². The molecule has 0 bridgehead atoms. The number of nitrogens with zero attached hydrogens (tertiary/aromatic N) is 6. The molecule has 1 aliphatic heterocycles. The number of aromatic nitrogens is 6. The lowest BCUT2D eigenvalue weighted by Crippen LogP contribution is -2.15. The quantitative estimate of drug-likeness (QED) is 0.486. The summed E-state index contributed by atoms with van der Waals surface area (Å²) in [5.74, 6) is 0.655. The molecule has 0 unspecified atom stereocenters. The highest BCUT2D eigenvalue weighted by molar-refractivity contribution is 6.32. The van der Waals surface area contributed by atoms with Crippen LogP contribution in [0.4, 0.5) is 23.1 Å². The van der Waals surface area contributed by atoms with Crippen molar-refractivity contribution in [2.45, 2.75) is 12.5 Å². The molecule has 4 aromatic rings. The second-order valence-electron chi connectivity index (χ2n) is 6.71. The monoisotopic (exact) mass is 395 g/mol. The van der Waals surface area contributed by atoms with Crippen LogP contribution in [0.2, 0.25) is 5.02 Å². The Labute approximate surface area is 165 Å². The van der Waals surface area contributed by atoms with Crippen LogP contribution in [0.1, 0.15) is 12.5 Å². The number of aromatic amines is 1. The van der Waals surface area contributed by atoms with Gasteiger partial charge in [-0.05, 0) is 31.2 Å². The van der Waals surface area contributed by atoms with Crippen molar-refractivity contribution in [3.8, 4) is 0 Å². The van der Waals surface area contributed by atoms with Crippen molar-refractivity contribution >= 4 is 45.6 Å². The lowest BCUT2D eigenvalue weighted by Gasteiger charge is -2.21. The number of halogens is 1. The second kappa shape index (κ2) is 6.77. The summed E-state index contributed by atoms with van der Waals surface area (Å²) in [7, 11) is 0. The predicted octanol–water partition coefficient (Wildman–Crippen LogP) is 2.79. The summed E-state index contributed by atoms with van der Waals surface area (Å²) in [6, 6.07) is 6.29. The van der Waals surface area contributed by atoms with E-state index in [1.807, 2.05) is 40.2 Å². The van der Waals surface area contributed by atoms with Crippen molar-refractivity contribution in [3.05, 3.63) is 48.0 Å². The van der Waals surface area contributed by atoms with Crippen LogP contribution >= 0.6 is 11.6 Å². The highest BCUT2D eigenvalue weighted by atomic mass is 35.5. The minimum atomic E-state index is 0.230. The molecule has 3 aromatic heterocycles. The number of anilines is 4. The van der Waals surface area contributed by atoms with Gasteiger partial charge in [0, 0.05) is 18.1 Å². The van der Waals surface area contributed by atoms with Gasteiger partial charge >= 0.3 is 0 Å². The molecule has 1 saturated heterocycles. The minimum Gasteiger partial charge on any atom is -0.382 e. The van der Waals surface area contributed by atoms with Gasteiger partial charge in [-0.1, -0.05) is 11.6 Å². The van der Waals surface area contributed by atoms with Gasteiger partial charge in [-0.3, -0.25) is 14.7 Å². The van der Waals surface area contributed by atoms with Gasteiger partial charge in [0.1, 0.15) is 10.8 Å². The Morgan fingerprint density at radius 1 is 1.21 bits per heavy atom. The maximum absolute atomic E-state index is 6.03. The smallest absolute Gasteiger partial charge is 0.236 e. The second-order valence-corrected chi connectivity index (χ2v) is 7.11. The number of H-pyrrole nitrogens is 1. The molecule has 9 nitrogen and oxygen atoms in total. The number of nitrogen functional groups attached to an aromatic ring is 1. The molecular weight excluding hydrogens is 378 g/mol. The number of rotatable bonds is 4. The number of nitrogens with one attached hydrogen (secondary N) is 2. The van der Waals surface area contributed by atoms with Gasteiger partial charge in [-0.2, -0.15) is 15.2 Å². The van der Waals surface area contributed by atoms with Gasteiger partial charge in [0.15, 0.2) is 0 Å². The molecule has 0 amide bonds. The fourth-order valence-corrected chi connectivity index (χ4v) is 3.53. The number of benzene rings is 1. The molecular formula is C18H18ClN9. The number of fused-ring (bicyclic) bond motifs is 1. The highest BCUT2D eigenvalue weighted by Crippen LogP contribution is 2.35. The summed E-state index contributed by atoms with van der Waals surface area (Å²) < 4.78 is 1.98. The summed E-state index contributed by atoms with van der Waals surface area (Å²) in [5, 5.41) is 16.3. The Hall–Kier alpha value is -3.17.